The summed E-state index contributed by atoms with van der Waals surface area (Å²) in [6.07, 6.45) is 0. The highest BCUT2D eigenvalue weighted by atomic mass is 79.9. The van der Waals surface area contributed by atoms with E-state index in [1.54, 1.807) is 12.4 Å². The number of ether oxygens (including phenoxy) is 2. The van der Waals surface area contributed by atoms with Crippen molar-refractivity contribution in [2.24, 2.45) is 0 Å². The van der Waals surface area contributed by atoms with Gasteiger partial charge < -0.3 is 9.47 Å². The van der Waals surface area contributed by atoms with Gasteiger partial charge in [-0.3, -0.25) is 0 Å². The van der Waals surface area contributed by atoms with Crippen molar-refractivity contribution < 1.29 is 14.3 Å². The van der Waals surface area contributed by atoms with E-state index in [1.807, 2.05) is 24.3 Å². The number of carbonyl (C=O) groups is 1. The Kier molecular flexibility index (Phi) is 4.93. The fourth-order valence-corrected chi connectivity index (χ4v) is 2.49. The minimum absolute atomic E-state index is 0.211. The SMILES string of the molecule is Cc1ncsc1C(=O)OCCOc1cccc(Br)c1. The summed E-state index contributed by atoms with van der Waals surface area (Å²) < 4.78 is 11.5. The van der Waals surface area contributed by atoms with E-state index >= 15 is 0 Å². The number of nitrogens with zero attached hydrogens (tertiary/aromatic N) is 1. The van der Waals surface area contributed by atoms with Gasteiger partial charge in [-0.05, 0) is 25.1 Å². The van der Waals surface area contributed by atoms with E-state index in [0.29, 0.717) is 17.2 Å². The second-order valence-corrected chi connectivity index (χ2v) is 5.48. The van der Waals surface area contributed by atoms with Crippen molar-refractivity contribution in [3.63, 3.8) is 0 Å². The highest BCUT2D eigenvalue weighted by Gasteiger charge is 2.12. The lowest BCUT2D eigenvalue weighted by molar-refractivity contribution is 0.0455. The predicted molar refractivity (Wildman–Crippen MR) is 76.8 cm³/mol. The highest BCUT2D eigenvalue weighted by molar-refractivity contribution is 9.10. The second kappa shape index (κ2) is 6.68. The molecule has 2 rings (SSSR count). The first-order chi connectivity index (χ1) is 9.16. The van der Waals surface area contributed by atoms with Crippen LogP contribution in [-0.4, -0.2) is 24.2 Å². The molecule has 0 spiro atoms. The van der Waals surface area contributed by atoms with Gasteiger partial charge >= 0.3 is 5.97 Å². The van der Waals surface area contributed by atoms with Crippen LogP contribution in [0.3, 0.4) is 0 Å². The molecule has 0 aliphatic carbocycles. The highest BCUT2D eigenvalue weighted by Crippen LogP contribution is 2.17. The van der Waals surface area contributed by atoms with Crippen molar-refractivity contribution >= 4 is 33.2 Å². The van der Waals surface area contributed by atoms with Gasteiger partial charge in [-0.2, -0.15) is 0 Å². The van der Waals surface area contributed by atoms with Gasteiger partial charge in [-0.25, -0.2) is 9.78 Å². The molecule has 0 atom stereocenters. The molecule has 0 aliphatic heterocycles. The molecule has 0 amide bonds. The molecule has 0 N–H and O–H groups in total. The van der Waals surface area contributed by atoms with Gasteiger partial charge in [0, 0.05) is 4.47 Å². The van der Waals surface area contributed by atoms with Gasteiger partial charge in [0.15, 0.2) is 0 Å². The van der Waals surface area contributed by atoms with Crippen LogP contribution in [0.25, 0.3) is 0 Å². The molecule has 4 nitrogen and oxygen atoms in total. The lowest BCUT2D eigenvalue weighted by Gasteiger charge is -2.07. The molecule has 100 valence electrons. The molecule has 6 heteroatoms. The standard InChI is InChI=1S/C13H12BrNO3S/c1-9-12(19-8-15-9)13(16)18-6-5-17-11-4-2-3-10(14)7-11/h2-4,7-8H,5-6H2,1H3. The number of benzene rings is 1. The summed E-state index contributed by atoms with van der Waals surface area (Å²) in [4.78, 5) is 16.2. The third-order valence-electron chi connectivity index (χ3n) is 2.31. The zero-order valence-corrected chi connectivity index (χ0v) is 12.7. The van der Waals surface area contributed by atoms with Gasteiger partial charge in [0.05, 0.1) is 11.2 Å². The molecular formula is C13H12BrNO3S. The molecule has 0 radical (unpaired) electrons. The van der Waals surface area contributed by atoms with Gasteiger partial charge in [0.1, 0.15) is 23.8 Å². The maximum Gasteiger partial charge on any atom is 0.350 e. The average Bonchev–Trinajstić information content (AvgIpc) is 2.81. The number of aromatic nitrogens is 1. The third kappa shape index (κ3) is 4.04. The number of aryl methyl sites for hydroxylation is 1. The molecule has 0 bridgehead atoms. The van der Waals surface area contributed by atoms with Crippen molar-refractivity contribution in [3.05, 3.63) is 44.8 Å². The van der Waals surface area contributed by atoms with Gasteiger partial charge in [0.2, 0.25) is 0 Å². The minimum atomic E-state index is -0.349. The Balaban J connectivity index is 1.75. The molecule has 1 aromatic heterocycles. The van der Waals surface area contributed by atoms with Crippen molar-refractivity contribution in [3.8, 4) is 5.75 Å². The predicted octanol–water partition coefficient (Wildman–Crippen LogP) is 3.45. The van der Waals surface area contributed by atoms with Crippen LogP contribution in [0.15, 0.2) is 34.2 Å². The van der Waals surface area contributed by atoms with Crippen LogP contribution >= 0.6 is 27.3 Å². The van der Waals surface area contributed by atoms with Gasteiger partial charge in [0.25, 0.3) is 0 Å². The Morgan fingerprint density at radius 1 is 1.42 bits per heavy atom. The van der Waals surface area contributed by atoms with Crippen LogP contribution in [0, 0.1) is 6.92 Å². The first-order valence-corrected chi connectivity index (χ1v) is 7.29. The zero-order chi connectivity index (χ0) is 13.7. The number of carbonyl (C=O) groups excluding carboxylic acids is 1. The van der Waals surface area contributed by atoms with Crippen molar-refractivity contribution in [2.75, 3.05) is 13.2 Å². The summed E-state index contributed by atoms with van der Waals surface area (Å²) in [5, 5.41) is 0. The van der Waals surface area contributed by atoms with Gasteiger partial charge in [-0.15, -0.1) is 11.3 Å². The van der Waals surface area contributed by atoms with Crippen LogP contribution in [0.1, 0.15) is 15.4 Å². The summed E-state index contributed by atoms with van der Waals surface area (Å²) in [6, 6.07) is 7.50. The number of rotatable bonds is 5. The van der Waals surface area contributed by atoms with Crippen LogP contribution in [-0.2, 0) is 4.74 Å². The Hall–Kier alpha value is -1.40. The molecule has 2 aromatic rings. The smallest absolute Gasteiger partial charge is 0.350 e. The van der Waals surface area contributed by atoms with E-state index in [9.17, 15) is 4.79 Å². The molecule has 0 saturated heterocycles. The fourth-order valence-electron chi connectivity index (χ4n) is 1.41. The third-order valence-corrected chi connectivity index (χ3v) is 3.71. The van der Waals surface area contributed by atoms with Crippen molar-refractivity contribution in [1.29, 1.82) is 0 Å². The van der Waals surface area contributed by atoms with Crippen LogP contribution in [0.2, 0.25) is 0 Å². The number of hydrogen-bond acceptors (Lipinski definition) is 5. The molecule has 0 fully saturated rings. The van der Waals surface area contributed by atoms with Crippen LogP contribution in [0.5, 0.6) is 5.75 Å². The molecule has 0 aliphatic rings. The topological polar surface area (TPSA) is 48.4 Å². The summed E-state index contributed by atoms with van der Waals surface area (Å²) in [7, 11) is 0. The Morgan fingerprint density at radius 2 is 2.26 bits per heavy atom. The average molecular weight is 342 g/mol. The first kappa shape index (κ1) is 14.0. The van der Waals surface area contributed by atoms with E-state index in [1.165, 1.54) is 11.3 Å². The van der Waals surface area contributed by atoms with E-state index in [-0.39, 0.29) is 12.6 Å². The van der Waals surface area contributed by atoms with E-state index < -0.39 is 0 Å². The molecule has 0 unspecified atom stereocenters. The summed E-state index contributed by atoms with van der Waals surface area (Å²) in [5.74, 6) is 0.386. The Labute approximate surface area is 123 Å². The number of esters is 1. The molecule has 0 saturated carbocycles. The van der Waals surface area contributed by atoms with Crippen molar-refractivity contribution in [2.45, 2.75) is 6.92 Å². The summed E-state index contributed by atoms with van der Waals surface area (Å²) >= 11 is 4.64. The number of halogens is 1. The largest absolute Gasteiger partial charge is 0.490 e. The number of thiazole rings is 1. The van der Waals surface area contributed by atoms with Crippen molar-refractivity contribution in [1.82, 2.24) is 4.98 Å². The molecule has 1 aromatic carbocycles. The zero-order valence-electron chi connectivity index (χ0n) is 10.3. The Morgan fingerprint density at radius 3 is 2.95 bits per heavy atom. The maximum absolute atomic E-state index is 11.7. The van der Waals surface area contributed by atoms with E-state index in [4.69, 9.17) is 9.47 Å². The Bertz CT molecular complexity index is 571. The minimum Gasteiger partial charge on any atom is -0.490 e. The fraction of sp³-hybridized carbons (Fsp3) is 0.231. The summed E-state index contributed by atoms with van der Waals surface area (Å²) in [5.41, 5.74) is 2.33. The quantitative estimate of drug-likeness (QED) is 0.617. The lowest BCUT2D eigenvalue weighted by Crippen LogP contribution is -2.12. The van der Waals surface area contributed by atoms with Crippen LogP contribution < -0.4 is 4.74 Å². The monoisotopic (exact) mass is 341 g/mol. The molecular weight excluding hydrogens is 330 g/mol. The molecule has 19 heavy (non-hydrogen) atoms. The van der Waals surface area contributed by atoms with Crippen LogP contribution in [0.4, 0.5) is 0 Å². The molecule has 1 heterocycles. The van der Waals surface area contributed by atoms with E-state index in [2.05, 4.69) is 20.9 Å². The maximum atomic E-state index is 11.7. The lowest BCUT2D eigenvalue weighted by atomic mass is 10.3. The first-order valence-electron chi connectivity index (χ1n) is 5.62. The van der Waals surface area contributed by atoms with E-state index in [0.717, 1.165) is 10.2 Å². The second-order valence-electron chi connectivity index (χ2n) is 3.71. The normalized spacial score (nSPS) is 10.2. The summed E-state index contributed by atoms with van der Waals surface area (Å²) in [6.45, 7) is 2.31. The number of hydrogen-bond donors (Lipinski definition) is 0. The van der Waals surface area contributed by atoms with Gasteiger partial charge in [-0.1, -0.05) is 22.0 Å².